The van der Waals surface area contributed by atoms with Crippen LogP contribution >= 0.6 is 11.6 Å². The number of benzene rings is 1. The number of rotatable bonds is 2. The number of pyridine rings is 1. The van der Waals surface area contributed by atoms with Crippen LogP contribution in [-0.4, -0.2) is 87.0 Å². The molecule has 6 bridgehead atoms. The van der Waals surface area contributed by atoms with Crippen LogP contribution in [0.4, 0.5) is 15.0 Å². The standard InChI is InChI=1S/C29H30ClFN6O6S/c1-44(39)28-34-25-19-12-32-26(24(25)31)23-17(20(30)11-21-18(23)13-33-37(21)22-6-2-3-8-41-22)5-4-9-42-29(38)43-16-14-36(27(19)35-28)7-10-40-15-16/h11-13,16,22H,2-10,14-15H2,1H3/t16-,22?,44?/m0/s1. The second-order valence-electron chi connectivity index (χ2n) is 11.0. The molecule has 2 saturated heterocycles. The summed E-state index contributed by atoms with van der Waals surface area (Å²) in [6.07, 6.45) is 6.38. The van der Waals surface area contributed by atoms with Crippen LogP contribution in [0.25, 0.3) is 33.1 Å². The van der Waals surface area contributed by atoms with E-state index in [0.29, 0.717) is 70.9 Å². The van der Waals surface area contributed by atoms with Crippen molar-refractivity contribution in [3.8, 4) is 11.3 Å². The zero-order valence-corrected chi connectivity index (χ0v) is 25.5. The summed E-state index contributed by atoms with van der Waals surface area (Å²) < 4.78 is 53.9. The molecule has 3 aromatic heterocycles. The number of ether oxygens (including phenoxy) is 4. The Balaban J connectivity index is 1.48. The number of hydrogen-bond acceptors (Lipinski definition) is 11. The summed E-state index contributed by atoms with van der Waals surface area (Å²) in [4.78, 5) is 28.0. The van der Waals surface area contributed by atoms with Crippen molar-refractivity contribution in [2.75, 3.05) is 50.7 Å². The van der Waals surface area contributed by atoms with Crippen LogP contribution < -0.4 is 4.90 Å². The molecule has 0 saturated carbocycles. The number of nitrogens with zero attached hydrogens (tertiary/aromatic N) is 6. The maximum atomic E-state index is 16.9. The van der Waals surface area contributed by atoms with Crippen LogP contribution in [0.15, 0.2) is 23.6 Å². The highest BCUT2D eigenvalue weighted by Crippen LogP contribution is 2.41. The van der Waals surface area contributed by atoms with Gasteiger partial charge in [-0.3, -0.25) is 9.19 Å². The first-order chi connectivity index (χ1) is 21.4. The van der Waals surface area contributed by atoms with Gasteiger partial charge in [-0.25, -0.2) is 23.8 Å². The monoisotopic (exact) mass is 644 g/mol. The Morgan fingerprint density at radius 3 is 2.82 bits per heavy atom. The molecule has 232 valence electrons. The minimum absolute atomic E-state index is 0.0265. The van der Waals surface area contributed by atoms with E-state index < -0.39 is 28.9 Å². The van der Waals surface area contributed by atoms with Crippen LogP contribution in [0.2, 0.25) is 5.02 Å². The van der Waals surface area contributed by atoms with Crippen molar-refractivity contribution in [1.82, 2.24) is 24.7 Å². The Bertz CT molecular complexity index is 1780. The largest absolute Gasteiger partial charge is 0.508 e. The van der Waals surface area contributed by atoms with Gasteiger partial charge in [0.1, 0.15) is 23.1 Å². The average Bonchev–Trinajstić information content (AvgIpc) is 3.29. The molecular formula is C29H30ClFN6O6S. The first-order valence-corrected chi connectivity index (χ1v) is 16.5. The quantitative estimate of drug-likeness (QED) is 0.225. The van der Waals surface area contributed by atoms with Gasteiger partial charge in [-0.05, 0) is 43.7 Å². The highest BCUT2D eigenvalue weighted by molar-refractivity contribution is 7.84. The topological polar surface area (TPSA) is 131 Å². The van der Waals surface area contributed by atoms with E-state index in [0.717, 1.165) is 19.3 Å². The van der Waals surface area contributed by atoms with Crippen molar-refractivity contribution < 1.29 is 32.3 Å². The van der Waals surface area contributed by atoms with E-state index in [1.54, 1.807) is 15.8 Å². The molecule has 3 atom stereocenters. The minimum atomic E-state index is -1.63. The number of halogens is 2. The van der Waals surface area contributed by atoms with Crippen LogP contribution in [0.3, 0.4) is 0 Å². The van der Waals surface area contributed by atoms with Gasteiger partial charge in [0.05, 0.1) is 54.3 Å². The fourth-order valence-corrected chi connectivity index (χ4v) is 6.77. The average molecular weight is 645 g/mol. The molecule has 0 N–H and O–H groups in total. The van der Waals surface area contributed by atoms with Crippen molar-refractivity contribution in [2.45, 2.75) is 49.6 Å². The maximum absolute atomic E-state index is 16.9. The van der Waals surface area contributed by atoms with Gasteiger partial charge in [0.25, 0.3) is 0 Å². The van der Waals surface area contributed by atoms with Gasteiger partial charge in [0.2, 0.25) is 5.16 Å². The predicted octanol–water partition coefficient (Wildman–Crippen LogP) is 4.58. The number of carbonyl (C=O) groups is 1. The summed E-state index contributed by atoms with van der Waals surface area (Å²) in [6, 6.07) is 1.81. The number of fused-ring (bicyclic) bond motifs is 7. The lowest BCUT2D eigenvalue weighted by molar-refractivity contribution is -0.0366. The molecule has 4 aliphatic heterocycles. The molecule has 0 spiro atoms. The molecule has 15 heteroatoms. The molecule has 2 fully saturated rings. The van der Waals surface area contributed by atoms with E-state index in [9.17, 15) is 9.00 Å². The van der Waals surface area contributed by atoms with Crippen molar-refractivity contribution in [3.63, 3.8) is 0 Å². The fourth-order valence-electron chi connectivity index (χ4n) is 6.04. The Morgan fingerprint density at radius 2 is 2.00 bits per heavy atom. The van der Waals surface area contributed by atoms with E-state index in [-0.39, 0.29) is 42.4 Å². The van der Waals surface area contributed by atoms with Crippen molar-refractivity contribution >= 4 is 56.2 Å². The van der Waals surface area contributed by atoms with Crippen LogP contribution in [0.5, 0.6) is 0 Å². The molecule has 7 heterocycles. The summed E-state index contributed by atoms with van der Waals surface area (Å²) in [7, 11) is -1.63. The Morgan fingerprint density at radius 1 is 1.11 bits per heavy atom. The molecule has 2 unspecified atom stereocenters. The molecule has 4 aromatic rings. The van der Waals surface area contributed by atoms with Crippen molar-refractivity contribution in [2.24, 2.45) is 0 Å². The molecule has 8 rings (SSSR count). The smallest absolute Gasteiger partial charge is 0.434 e. The summed E-state index contributed by atoms with van der Waals surface area (Å²) in [5, 5.41) is 5.96. The second-order valence-corrected chi connectivity index (χ2v) is 12.7. The predicted molar refractivity (Wildman–Crippen MR) is 160 cm³/mol. The minimum Gasteiger partial charge on any atom is -0.434 e. The van der Waals surface area contributed by atoms with Gasteiger partial charge < -0.3 is 23.8 Å². The molecule has 1 aromatic carbocycles. The van der Waals surface area contributed by atoms with Crippen LogP contribution in [-0.2, 0) is 36.2 Å². The maximum Gasteiger partial charge on any atom is 0.508 e. The Labute approximate surface area is 259 Å². The van der Waals surface area contributed by atoms with E-state index >= 15 is 4.39 Å². The second kappa shape index (κ2) is 12.1. The van der Waals surface area contributed by atoms with E-state index in [1.165, 1.54) is 12.5 Å². The number of hydrogen-bond donors (Lipinski definition) is 0. The molecule has 0 radical (unpaired) electrons. The zero-order chi connectivity index (χ0) is 30.4. The third-order valence-electron chi connectivity index (χ3n) is 8.11. The number of carbonyl (C=O) groups excluding carboxylic acids is 1. The van der Waals surface area contributed by atoms with E-state index in [1.807, 2.05) is 6.07 Å². The summed E-state index contributed by atoms with van der Waals surface area (Å²) in [5.41, 5.74) is 1.78. The molecule has 12 nitrogen and oxygen atoms in total. The molecule has 0 aliphatic carbocycles. The zero-order valence-electron chi connectivity index (χ0n) is 24.0. The Kier molecular flexibility index (Phi) is 8.08. The number of anilines is 1. The normalized spacial score (nSPS) is 22.1. The highest BCUT2D eigenvalue weighted by Gasteiger charge is 2.30. The first kappa shape index (κ1) is 29.3. The van der Waals surface area contributed by atoms with E-state index in [2.05, 4.69) is 20.1 Å². The van der Waals surface area contributed by atoms with Gasteiger partial charge >= 0.3 is 6.16 Å². The summed E-state index contributed by atoms with van der Waals surface area (Å²) in [5.74, 6) is -0.377. The van der Waals surface area contributed by atoms with Crippen molar-refractivity contribution in [3.05, 3.63) is 34.9 Å². The molecule has 0 amide bonds. The highest BCUT2D eigenvalue weighted by atomic mass is 35.5. The van der Waals surface area contributed by atoms with Gasteiger partial charge in [0.15, 0.2) is 12.0 Å². The molecular weight excluding hydrogens is 615 g/mol. The van der Waals surface area contributed by atoms with Gasteiger partial charge in [-0.1, -0.05) is 11.6 Å². The lowest BCUT2D eigenvalue weighted by Gasteiger charge is -2.26. The van der Waals surface area contributed by atoms with Crippen LogP contribution in [0, 0.1) is 5.82 Å². The lowest BCUT2D eigenvalue weighted by Crippen LogP contribution is -2.36. The summed E-state index contributed by atoms with van der Waals surface area (Å²) in [6.45, 7) is 1.69. The summed E-state index contributed by atoms with van der Waals surface area (Å²) >= 11 is 6.92. The number of aromatic nitrogens is 5. The molecule has 44 heavy (non-hydrogen) atoms. The SMILES string of the molecule is CS(=O)c1nc2c3cnc(c(F)c3n1)-c1c(c(Cl)cc3c1cnn3C1CCCCO1)CCCOC(=O)O[C@@H]1COCCN2C1. The third-order valence-corrected chi connectivity index (χ3v) is 9.14. The fraction of sp³-hybridized carbons (Fsp3) is 0.483. The van der Waals surface area contributed by atoms with Gasteiger partial charge in [-0.15, -0.1) is 0 Å². The first-order valence-electron chi connectivity index (χ1n) is 14.6. The van der Waals surface area contributed by atoms with E-state index in [4.69, 9.17) is 30.5 Å². The van der Waals surface area contributed by atoms with Gasteiger partial charge in [0, 0.05) is 41.6 Å². The van der Waals surface area contributed by atoms with Crippen molar-refractivity contribution in [1.29, 1.82) is 0 Å². The van der Waals surface area contributed by atoms with Crippen LogP contribution in [0.1, 0.15) is 37.5 Å². The third kappa shape index (κ3) is 5.37. The lowest BCUT2D eigenvalue weighted by atomic mass is 9.95. The molecule has 4 aliphatic rings. The Hall–Kier alpha value is -3.46. The van der Waals surface area contributed by atoms with Gasteiger partial charge in [-0.2, -0.15) is 5.10 Å².